The summed E-state index contributed by atoms with van der Waals surface area (Å²) in [7, 11) is 2.39. The zero-order valence-corrected chi connectivity index (χ0v) is 14.5. The number of aliphatic hydroxyl groups is 2. The highest BCUT2D eigenvalue weighted by Crippen LogP contribution is 2.34. The molecule has 8 nitrogen and oxygen atoms in total. The van der Waals surface area contributed by atoms with E-state index in [0.717, 1.165) is 0 Å². The van der Waals surface area contributed by atoms with Crippen molar-refractivity contribution >= 4 is 23.5 Å². The van der Waals surface area contributed by atoms with Crippen LogP contribution in [0.15, 0.2) is 0 Å². The van der Waals surface area contributed by atoms with Gasteiger partial charge < -0.3 is 19.7 Å². The predicted octanol–water partition coefficient (Wildman–Crippen LogP) is 1.16. The third kappa shape index (κ3) is 8.53. The van der Waals surface area contributed by atoms with Gasteiger partial charge in [0.2, 0.25) is 0 Å². The molecule has 154 valence electrons. The number of carbonyl (C=O) groups is 4. The van der Waals surface area contributed by atoms with Crippen molar-refractivity contribution in [3.05, 3.63) is 0 Å². The second-order valence-corrected chi connectivity index (χ2v) is 6.08. The fourth-order valence-electron chi connectivity index (χ4n) is 2.59. The highest BCUT2D eigenvalue weighted by atomic mass is 16.5. The third-order valence-corrected chi connectivity index (χ3v) is 4.13. The third-order valence-electron chi connectivity index (χ3n) is 4.13. The molecule has 0 radical (unpaired) electrons. The Morgan fingerprint density at radius 3 is 1.92 bits per heavy atom. The van der Waals surface area contributed by atoms with Crippen molar-refractivity contribution in [1.82, 2.24) is 0 Å². The molecule has 3 atom stereocenters. The van der Waals surface area contributed by atoms with Crippen LogP contribution in [0.3, 0.4) is 0 Å². The molecular formula is C18H34O8. The summed E-state index contributed by atoms with van der Waals surface area (Å²) in [5.41, 5.74) is -1.34. The van der Waals surface area contributed by atoms with E-state index in [1.165, 1.54) is 21.1 Å². The van der Waals surface area contributed by atoms with Crippen molar-refractivity contribution in [1.29, 1.82) is 0 Å². The molecule has 8 heteroatoms. The zero-order valence-electron chi connectivity index (χ0n) is 14.5. The van der Waals surface area contributed by atoms with Gasteiger partial charge in [-0.2, -0.15) is 0 Å². The van der Waals surface area contributed by atoms with E-state index >= 15 is 0 Å². The monoisotopic (exact) mass is 378 g/mol. The van der Waals surface area contributed by atoms with Gasteiger partial charge in [0.25, 0.3) is 0 Å². The van der Waals surface area contributed by atoms with Crippen LogP contribution in [0.1, 0.15) is 48.0 Å². The maximum absolute atomic E-state index is 12.1. The minimum Gasteiger partial charge on any atom is -0.469 e. The topological polar surface area (TPSA) is 127 Å². The summed E-state index contributed by atoms with van der Waals surface area (Å²) in [4.78, 5) is 47.2. The Bertz CT molecular complexity index is 474. The Morgan fingerprint density at radius 2 is 1.54 bits per heavy atom. The van der Waals surface area contributed by atoms with Crippen LogP contribution in [0.5, 0.6) is 0 Å². The van der Waals surface area contributed by atoms with Gasteiger partial charge in [-0.25, -0.2) is 0 Å². The predicted molar refractivity (Wildman–Crippen MR) is 96.3 cm³/mol. The minimum absolute atomic E-state index is 0. The van der Waals surface area contributed by atoms with Crippen LogP contribution in [0.2, 0.25) is 0 Å². The van der Waals surface area contributed by atoms with Crippen molar-refractivity contribution in [2.24, 2.45) is 17.3 Å². The number of carbonyl (C=O) groups excluding carboxylic acids is 4. The largest absolute Gasteiger partial charge is 0.469 e. The van der Waals surface area contributed by atoms with Gasteiger partial charge in [-0.05, 0) is 12.8 Å². The number of hydrogen-bond acceptors (Lipinski definition) is 8. The molecule has 0 aromatic heterocycles. The highest BCUT2D eigenvalue weighted by molar-refractivity contribution is 5.90. The second-order valence-electron chi connectivity index (χ2n) is 6.08. The van der Waals surface area contributed by atoms with Crippen LogP contribution in [0.4, 0.5) is 0 Å². The Kier molecular flexibility index (Phi) is 14.9. The molecule has 0 aromatic rings. The Labute approximate surface area is 155 Å². The summed E-state index contributed by atoms with van der Waals surface area (Å²) < 4.78 is 9.18. The molecule has 0 rings (SSSR count). The molecule has 0 bridgehead atoms. The van der Waals surface area contributed by atoms with Gasteiger partial charge in [-0.15, -0.1) is 0 Å². The van der Waals surface area contributed by atoms with E-state index in [1.807, 2.05) is 0 Å². The lowest BCUT2D eigenvalue weighted by atomic mass is 9.72. The van der Waals surface area contributed by atoms with Crippen LogP contribution in [-0.2, 0) is 28.7 Å². The van der Waals surface area contributed by atoms with Crippen LogP contribution in [0, 0.1) is 17.3 Å². The molecule has 0 heterocycles. The normalized spacial score (nSPS) is 14.5. The first-order valence-electron chi connectivity index (χ1n) is 7.57. The molecule has 26 heavy (non-hydrogen) atoms. The summed E-state index contributed by atoms with van der Waals surface area (Å²) in [5, 5.41) is 18.3. The maximum atomic E-state index is 12.1. The van der Waals surface area contributed by atoms with E-state index < -0.39 is 54.0 Å². The summed E-state index contributed by atoms with van der Waals surface area (Å²) in [6.45, 7) is 1.47. The number of Topliss-reactive ketones (excluding diaryl/α,β-unsaturated/α-hetero) is 2. The lowest BCUT2D eigenvalue weighted by Crippen LogP contribution is -2.38. The second kappa shape index (κ2) is 13.4. The molecule has 0 aromatic carbocycles. The smallest absolute Gasteiger partial charge is 0.308 e. The SMILES string of the molecule is C.C.COC(=O)CC(C)(CC(CC(C)C(=O)OC)C(=O)CO)C(=O)CO. The average Bonchev–Trinajstić information content (AvgIpc) is 2.58. The average molecular weight is 378 g/mol. The van der Waals surface area contributed by atoms with E-state index in [-0.39, 0.29) is 34.1 Å². The van der Waals surface area contributed by atoms with Gasteiger partial charge in [0.1, 0.15) is 13.2 Å². The van der Waals surface area contributed by atoms with Crippen LogP contribution in [0.25, 0.3) is 0 Å². The first-order chi connectivity index (χ1) is 11.1. The van der Waals surface area contributed by atoms with Crippen LogP contribution >= 0.6 is 0 Å². The van der Waals surface area contributed by atoms with E-state index in [9.17, 15) is 19.2 Å². The summed E-state index contributed by atoms with van der Waals surface area (Å²) in [6, 6.07) is 0. The minimum atomic E-state index is -1.34. The molecule has 0 saturated heterocycles. The molecule has 0 aliphatic rings. The Balaban J connectivity index is -0.00000264. The lowest BCUT2D eigenvalue weighted by molar-refractivity contribution is -0.150. The fourth-order valence-corrected chi connectivity index (χ4v) is 2.59. The molecule has 0 saturated carbocycles. The maximum Gasteiger partial charge on any atom is 0.308 e. The van der Waals surface area contributed by atoms with Gasteiger partial charge in [-0.1, -0.05) is 28.7 Å². The van der Waals surface area contributed by atoms with Crippen molar-refractivity contribution in [3.8, 4) is 0 Å². The standard InChI is InChI=1S/C16H26O8.2CH4/c1-10(15(22)24-4)5-11(12(19)8-17)6-16(2,13(20)9-18)7-14(21)23-3;;/h10-11,17-18H,5-9H2,1-4H3;2*1H4. The van der Waals surface area contributed by atoms with E-state index in [1.54, 1.807) is 6.92 Å². The molecule has 3 unspecified atom stereocenters. The summed E-state index contributed by atoms with van der Waals surface area (Å²) in [5.74, 6) is -3.80. The molecule has 0 aliphatic heterocycles. The van der Waals surface area contributed by atoms with Gasteiger partial charge in [0.05, 0.1) is 26.6 Å². The quantitative estimate of drug-likeness (QED) is 0.513. The van der Waals surface area contributed by atoms with E-state index in [2.05, 4.69) is 9.47 Å². The first-order valence-corrected chi connectivity index (χ1v) is 7.57. The van der Waals surface area contributed by atoms with Crippen molar-refractivity contribution < 1.29 is 38.9 Å². The van der Waals surface area contributed by atoms with E-state index in [0.29, 0.717) is 0 Å². The van der Waals surface area contributed by atoms with E-state index in [4.69, 9.17) is 10.2 Å². The number of ether oxygens (including phenoxy) is 2. The van der Waals surface area contributed by atoms with Crippen molar-refractivity contribution in [2.45, 2.75) is 48.0 Å². The number of aliphatic hydroxyl groups excluding tert-OH is 2. The number of hydrogen-bond donors (Lipinski definition) is 2. The molecule has 2 N–H and O–H groups in total. The fraction of sp³-hybridized carbons (Fsp3) is 0.778. The number of esters is 2. The number of ketones is 2. The molecule has 0 fully saturated rings. The zero-order chi connectivity index (χ0) is 18.9. The Hall–Kier alpha value is -1.80. The van der Waals surface area contributed by atoms with Crippen molar-refractivity contribution in [2.75, 3.05) is 27.4 Å². The van der Waals surface area contributed by atoms with Crippen molar-refractivity contribution in [3.63, 3.8) is 0 Å². The van der Waals surface area contributed by atoms with Gasteiger partial charge in [0.15, 0.2) is 11.6 Å². The van der Waals surface area contributed by atoms with Gasteiger partial charge in [0, 0.05) is 11.3 Å². The van der Waals surface area contributed by atoms with Crippen LogP contribution < -0.4 is 0 Å². The first kappa shape index (κ1) is 29.0. The van der Waals surface area contributed by atoms with Gasteiger partial charge >= 0.3 is 11.9 Å². The highest BCUT2D eigenvalue weighted by Gasteiger charge is 2.40. The lowest BCUT2D eigenvalue weighted by Gasteiger charge is -2.30. The van der Waals surface area contributed by atoms with Gasteiger partial charge in [-0.3, -0.25) is 19.2 Å². The molecule has 0 spiro atoms. The number of methoxy groups -OCH3 is 2. The van der Waals surface area contributed by atoms with Crippen LogP contribution in [-0.4, -0.2) is 61.2 Å². The molecular weight excluding hydrogens is 344 g/mol. The molecule has 0 aliphatic carbocycles. The molecule has 0 amide bonds. The Morgan fingerprint density at radius 1 is 1.00 bits per heavy atom. The summed E-state index contributed by atoms with van der Waals surface area (Å²) in [6.07, 6.45) is -0.353. The number of rotatable bonds is 11. The summed E-state index contributed by atoms with van der Waals surface area (Å²) >= 11 is 0.